The van der Waals surface area contributed by atoms with Crippen molar-refractivity contribution >= 4 is 0 Å². The zero-order chi connectivity index (χ0) is 24.7. The van der Waals surface area contributed by atoms with Gasteiger partial charge < -0.3 is 15.3 Å². The molecule has 3 nitrogen and oxygen atoms in total. The molecule has 0 aliphatic rings. The average Bonchev–Trinajstić information content (AvgIpc) is 2.90. The predicted octanol–water partition coefficient (Wildman–Crippen LogP) is 8.00. The van der Waals surface area contributed by atoms with Crippen LogP contribution in [-0.2, 0) is 40.8 Å². The first-order valence-corrected chi connectivity index (χ1v) is 11.1. The predicted molar refractivity (Wildman–Crippen MR) is 140 cm³/mol. The number of para-hydroxylation sites is 1. The molecule has 4 aromatic rings. The van der Waals surface area contributed by atoms with Crippen LogP contribution in [0.25, 0.3) is 0 Å². The van der Waals surface area contributed by atoms with E-state index in [1.165, 1.54) is 0 Å². The van der Waals surface area contributed by atoms with Gasteiger partial charge >= 0.3 is 0 Å². The first-order chi connectivity index (χ1) is 16.2. The monoisotopic (exact) mass is 1350 g/mol. The van der Waals surface area contributed by atoms with Gasteiger partial charge in [0.2, 0.25) is 0 Å². The van der Waals surface area contributed by atoms with Gasteiger partial charge in [-0.1, -0.05) is 88.9 Å². The molecule has 0 aromatic heterocycles. The number of aromatic hydroxyl groups is 2. The van der Waals surface area contributed by atoms with Crippen molar-refractivity contribution in [3.8, 4) is 11.5 Å². The maximum atomic E-state index is 9.11. The zero-order valence-corrected chi connectivity index (χ0v) is 40.4. The summed E-state index contributed by atoms with van der Waals surface area (Å²) in [5.41, 5.74) is 3.10. The summed E-state index contributed by atoms with van der Waals surface area (Å²) in [5.74, 6) is 0.623. The van der Waals surface area contributed by atoms with Crippen LogP contribution in [0.4, 0.5) is 0 Å². The van der Waals surface area contributed by atoms with Crippen molar-refractivity contribution < 1.29 is 56.2 Å². The number of hydrogen-bond acceptors (Lipinski definition) is 3. The summed E-state index contributed by atoms with van der Waals surface area (Å²) >= 11 is 0. The van der Waals surface area contributed by atoms with Crippen molar-refractivity contribution in [2.24, 2.45) is 0 Å². The summed E-state index contributed by atoms with van der Waals surface area (Å²) in [4.78, 5) is 0. The van der Waals surface area contributed by atoms with Gasteiger partial charge in [0.1, 0.15) is 11.5 Å². The van der Waals surface area contributed by atoms with E-state index in [0.29, 0.717) is 11.5 Å². The smallest absolute Gasteiger partial charge is 0.115 e. The molecule has 194 valence electrons. The fourth-order valence-corrected chi connectivity index (χ4v) is 2.28. The summed E-state index contributed by atoms with van der Waals surface area (Å²) in [6, 6.07) is 35.3. The van der Waals surface area contributed by atoms with Gasteiger partial charge in [-0.05, 0) is 12.1 Å². The molecule has 0 saturated heterocycles. The Labute approximate surface area is 239 Å². The Bertz CT molecular complexity index is 929. The number of aliphatic hydroxyl groups is 1. The van der Waals surface area contributed by atoms with Gasteiger partial charge in [-0.15, -0.1) is 53.9 Å². The fraction of sp³-hybridized carbons (Fsp3) is 0.133. The Hall–Kier alpha value is -4.50. The molecule has 4 rings (SSSR count). The molecule has 0 saturated carbocycles. The van der Waals surface area contributed by atoms with Gasteiger partial charge in [-0.3, -0.25) is 0 Å². The molecule has 2 radical (unpaired) electrons. The molecule has 37 heavy (non-hydrogen) atoms. The van der Waals surface area contributed by atoms with Crippen LogP contribution < -0.4 is 0 Å². The van der Waals surface area contributed by atoms with Gasteiger partial charge in [0.05, 0.1) is 0 Å². The molecule has 0 unspecified atom stereocenters. The van der Waals surface area contributed by atoms with Crippen LogP contribution in [0.2, 0.25) is 0 Å². The van der Waals surface area contributed by atoms with Gasteiger partial charge in [0, 0.05) is 40.8 Å². The molecular formula is C30H36O3Re2Rf2-2. The molecule has 4 aromatic carbocycles. The van der Waals surface area contributed by atoms with Crippen LogP contribution in [0, 0.1) is 13.0 Å². The summed E-state index contributed by atoms with van der Waals surface area (Å²) in [6.45, 7) is 9.08. The maximum Gasteiger partial charge on any atom is 0.115 e. The van der Waals surface area contributed by atoms with Crippen LogP contribution in [0.5, 0.6) is 11.5 Å². The van der Waals surface area contributed by atoms with E-state index in [9.17, 15) is 0 Å². The van der Waals surface area contributed by atoms with Crippen molar-refractivity contribution in [1.82, 2.24) is 0 Å². The third-order valence-corrected chi connectivity index (χ3v) is 3.73. The van der Waals surface area contributed by atoms with Gasteiger partial charge in [-0.25, -0.2) is 0 Å². The van der Waals surface area contributed by atoms with Crippen LogP contribution in [0.3, 0.4) is 0 Å². The van der Waals surface area contributed by atoms with Gasteiger partial charge in [0.15, 0.2) is 0 Å². The third kappa shape index (κ3) is 21.8. The van der Waals surface area contributed by atoms with Crippen molar-refractivity contribution in [3.05, 3.63) is 145 Å². The van der Waals surface area contributed by atoms with E-state index in [1.807, 2.05) is 107 Å². The van der Waals surface area contributed by atoms with E-state index < -0.39 is 0 Å². The van der Waals surface area contributed by atoms with E-state index in [0.717, 1.165) is 23.3 Å². The summed E-state index contributed by atoms with van der Waals surface area (Å²) in [5, 5.41) is 26.2. The normalized spacial score (nSPS) is 7.49. The molecule has 0 heterocycles. The Morgan fingerprint density at radius 3 is 1.03 bits per heavy atom. The Kier molecular flexibility index (Phi) is 34.0. The number of phenols is 2. The standard InChI is InChI=1S/C13H11O.C7H7O.C6H6O.2C2H6.2Re.2Rf/c14-13-8-6-12(7-9-13)10-11-4-2-1-3-5-11;8-6-7-4-2-1-3-5-7;7-6-4-2-1-3-5-6;2*1-2;;;;/h1-10,14H;1-6,8H;1-5,7H;2*1-2H3;;;;/q2*-1;;;;;;;. The molecule has 0 amide bonds. The van der Waals surface area contributed by atoms with Crippen LogP contribution in [-0.4, -0.2) is 15.3 Å². The van der Waals surface area contributed by atoms with E-state index in [2.05, 4.69) is 6.42 Å². The Morgan fingerprint density at radius 1 is 0.432 bits per heavy atom. The quantitative estimate of drug-likeness (QED) is 0.183. The molecule has 0 bridgehead atoms. The summed E-state index contributed by atoms with van der Waals surface area (Å²) in [7, 11) is 0. The SMILES string of the molecule is CC.CC.O[CH-]c1ccccc1.Oc1ccc([CH-]c2ccccc2)cc1.Oc1ccccc1.[Re].[Re].[Rf].[Rf]. The maximum absolute atomic E-state index is 9.11. The van der Waals surface area contributed by atoms with Crippen LogP contribution in [0.15, 0.2) is 115 Å². The minimum Gasteiger partial charge on any atom is -0.509 e. The molecular weight excluding hydrogens is 1310 g/mol. The number of aliphatic hydroxyl groups excluding tert-OH is 1. The van der Waals surface area contributed by atoms with Crippen LogP contribution >= 0.6 is 0 Å². The second-order valence-corrected chi connectivity index (χ2v) is 6.02. The molecule has 3 N–H and O–H groups in total. The second kappa shape index (κ2) is 29.5. The topological polar surface area (TPSA) is 60.7 Å². The first-order valence-electron chi connectivity index (χ1n) is 11.1. The summed E-state index contributed by atoms with van der Waals surface area (Å²) in [6.07, 6.45) is 2.07. The first kappa shape index (κ1) is 42.6. The van der Waals surface area contributed by atoms with Crippen molar-refractivity contribution in [1.29, 1.82) is 0 Å². The van der Waals surface area contributed by atoms with Crippen LogP contribution in [0.1, 0.15) is 44.4 Å². The second-order valence-electron chi connectivity index (χ2n) is 6.02. The average molecular weight is 1350 g/mol. The van der Waals surface area contributed by atoms with Gasteiger partial charge in [-0.2, -0.15) is 17.7 Å². The van der Waals surface area contributed by atoms with Crippen molar-refractivity contribution in [2.45, 2.75) is 27.7 Å². The fourth-order valence-electron chi connectivity index (χ4n) is 2.28. The van der Waals surface area contributed by atoms with Crippen molar-refractivity contribution in [3.63, 3.8) is 0 Å². The Balaban J connectivity index is -0.000000130. The zero-order valence-electron chi connectivity index (χ0n) is 22.1. The molecule has 7 heteroatoms. The molecule has 0 aliphatic heterocycles. The number of rotatable bonds is 3. The van der Waals surface area contributed by atoms with E-state index >= 15 is 0 Å². The molecule has 0 atom stereocenters. The van der Waals surface area contributed by atoms with E-state index in [1.54, 1.807) is 36.4 Å². The van der Waals surface area contributed by atoms with Gasteiger partial charge in [0.25, 0.3) is 0 Å². The van der Waals surface area contributed by atoms with E-state index in [-0.39, 0.29) is 40.8 Å². The molecule has 0 spiro atoms. The molecule has 0 aliphatic carbocycles. The Morgan fingerprint density at radius 2 is 0.730 bits per heavy atom. The minimum atomic E-state index is 0. The molecule has 0 fully saturated rings. The minimum absolute atomic E-state index is 0. The number of phenolic OH excluding ortho intramolecular Hbond substituents is 2. The third-order valence-electron chi connectivity index (χ3n) is 3.73. The largest absolute Gasteiger partial charge is 0.509 e. The van der Waals surface area contributed by atoms with Crippen molar-refractivity contribution in [2.75, 3.05) is 0 Å². The van der Waals surface area contributed by atoms with E-state index in [4.69, 9.17) is 15.3 Å². The number of hydrogen-bond donors (Lipinski definition) is 3. The summed E-state index contributed by atoms with van der Waals surface area (Å²) < 4.78 is 0. The number of benzene rings is 4.